The SMILES string of the molecule is Cc1ccc(NC(=O)COC(=O)c2cnc3ncccn3c2=O)cc1C. The summed E-state index contributed by atoms with van der Waals surface area (Å²) in [5, 5.41) is 2.64. The molecule has 0 aliphatic heterocycles. The summed E-state index contributed by atoms with van der Waals surface area (Å²) < 4.78 is 6.05. The van der Waals surface area contributed by atoms with E-state index >= 15 is 0 Å². The lowest BCUT2D eigenvalue weighted by Crippen LogP contribution is -2.27. The molecule has 0 spiro atoms. The van der Waals surface area contributed by atoms with Crippen LogP contribution < -0.4 is 10.9 Å². The minimum Gasteiger partial charge on any atom is -0.452 e. The third-order valence-corrected chi connectivity index (χ3v) is 3.83. The molecule has 0 bridgehead atoms. The zero-order valence-electron chi connectivity index (χ0n) is 14.2. The molecule has 0 aliphatic rings. The van der Waals surface area contributed by atoms with Crippen molar-refractivity contribution in [2.75, 3.05) is 11.9 Å². The molecule has 0 unspecified atom stereocenters. The van der Waals surface area contributed by atoms with Crippen molar-refractivity contribution in [1.82, 2.24) is 14.4 Å². The quantitative estimate of drug-likeness (QED) is 0.714. The van der Waals surface area contributed by atoms with Gasteiger partial charge in [0.15, 0.2) is 6.61 Å². The number of esters is 1. The van der Waals surface area contributed by atoms with Gasteiger partial charge < -0.3 is 10.1 Å². The highest BCUT2D eigenvalue weighted by molar-refractivity contribution is 5.95. The number of fused-ring (bicyclic) bond motifs is 1. The van der Waals surface area contributed by atoms with Gasteiger partial charge >= 0.3 is 5.97 Å². The second-order valence-electron chi connectivity index (χ2n) is 5.69. The van der Waals surface area contributed by atoms with Crippen LogP contribution in [0, 0.1) is 13.8 Å². The first-order chi connectivity index (χ1) is 12.5. The number of aromatic nitrogens is 3. The third-order valence-electron chi connectivity index (χ3n) is 3.83. The van der Waals surface area contributed by atoms with Crippen molar-refractivity contribution in [1.29, 1.82) is 0 Å². The van der Waals surface area contributed by atoms with Crippen molar-refractivity contribution in [3.63, 3.8) is 0 Å². The Balaban J connectivity index is 1.67. The molecule has 3 rings (SSSR count). The first-order valence-corrected chi connectivity index (χ1v) is 7.82. The number of ether oxygens (including phenoxy) is 1. The molecule has 0 radical (unpaired) electrons. The summed E-state index contributed by atoms with van der Waals surface area (Å²) in [5.41, 5.74) is 1.86. The maximum Gasteiger partial charge on any atom is 0.345 e. The van der Waals surface area contributed by atoms with Crippen molar-refractivity contribution < 1.29 is 14.3 Å². The Morgan fingerprint density at radius 2 is 2.00 bits per heavy atom. The van der Waals surface area contributed by atoms with Crippen LogP contribution in [0.4, 0.5) is 5.69 Å². The molecular formula is C18H16N4O4. The molecule has 2 aromatic heterocycles. The number of aryl methyl sites for hydroxylation is 2. The van der Waals surface area contributed by atoms with E-state index in [1.807, 2.05) is 26.0 Å². The lowest BCUT2D eigenvalue weighted by Gasteiger charge is -2.08. The molecule has 8 nitrogen and oxygen atoms in total. The number of nitrogens with one attached hydrogen (secondary N) is 1. The number of rotatable bonds is 4. The van der Waals surface area contributed by atoms with Crippen LogP contribution in [-0.2, 0) is 9.53 Å². The van der Waals surface area contributed by atoms with E-state index in [9.17, 15) is 14.4 Å². The van der Waals surface area contributed by atoms with Gasteiger partial charge in [0.1, 0.15) is 5.56 Å². The molecule has 8 heteroatoms. The molecule has 0 saturated heterocycles. The average Bonchev–Trinajstić information content (AvgIpc) is 2.63. The van der Waals surface area contributed by atoms with E-state index in [1.165, 1.54) is 12.4 Å². The first-order valence-electron chi connectivity index (χ1n) is 7.82. The normalized spacial score (nSPS) is 10.5. The van der Waals surface area contributed by atoms with Crippen LogP contribution in [-0.4, -0.2) is 32.9 Å². The highest BCUT2D eigenvalue weighted by Crippen LogP contribution is 2.14. The number of amides is 1. The Morgan fingerprint density at radius 3 is 2.77 bits per heavy atom. The van der Waals surface area contributed by atoms with Gasteiger partial charge in [-0.1, -0.05) is 6.07 Å². The summed E-state index contributed by atoms with van der Waals surface area (Å²) in [6.07, 6.45) is 4.02. The molecule has 132 valence electrons. The maximum absolute atomic E-state index is 12.3. The van der Waals surface area contributed by atoms with Gasteiger partial charge in [-0.3, -0.25) is 14.0 Å². The van der Waals surface area contributed by atoms with Gasteiger partial charge in [-0.25, -0.2) is 14.8 Å². The Bertz CT molecular complexity index is 1060. The molecule has 26 heavy (non-hydrogen) atoms. The van der Waals surface area contributed by atoms with Gasteiger partial charge in [-0.15, -0.1) is 0 Å². The fraction of sp³-hybridized carbons (Fsp3) is 0.167. The smallest absolute Gasteiger partial charge is 0.345 e. The largest absolute Gasteiger partial charge is 0.452 e. The Morgan fingerprint density at radius 1 is 1.19 bits per heavy atom. The number of carbonyl (C=O) groups excluding carboxylic acids is 2. The van der Waals surface area contributed by atoms with Gasteiger partial charge in [0.25, 0.3) is 11.5 Å². The predicted molar refractivity (Wildman–Crippen MR) is 94.1 cm³/mol. The van der Waals surface area contributed by atoms with Crippen LogP contribution in [0.5, 0.6) is 0 Å². The fourth-order valence-corrected chi connectivity index (χ4v) is 2.29. The lowest BCUT2D eigenvalue weighted by molar-refractivity contribution is -0.119. The highest BCUT2D eigenvalue weighted by Gasteiger charge is 2.16. The average molecular weight is 352 g/mol. The molecule has 0 atom stereocenters. The summed E-state index contributed by atoms with van der Waals surface area (Å²) >= 11 is 0. The number of benzene rings is 1. The van der Waals surface area contributed by atoms with Crippen LogP contribution in [0.15, 0.2) is 47.7 Å². The Labute approximate surface area is 148 Å². The van der Waals surface area contributed by atoms with Gasteiger partial charge in [-0.2, -0.15) is 0 Å². The summed E-state index contributed by atoms with van der Waals surface area (Å²) in [7, 11) is 0. The van der Waals surface area contributed by atoms with E-state index in [1.54, 1.807) is 12.1 Å². The van der Waals surface area contributed by atoms with E-state index in [0.29, 0.717) is 5.69 Å². The van der Waals surface area contributed by atoms with Crippen LogP contribution in [0.2, 0.25) is 0 Å². The molecular weight excluding hydrogens is 336 g/mol. The summed E-state index contributed by atoms with van der Waals surface area (Å²) in [4.78, 5) is 44.1. The summed E-state index contributed by atoms with van der Waals surface area (Å²) in [6.45, 7) is 3.38. The number of hydrogen-bond acceptors (Lipinski definition) is 6. The Kier molecular flexibility index (Phi) is 4.74. The minimum atomic E-state index is -0.920. The van der Waals surface area contributed by atoms with Gasteiger partial charge in [0.05, 0.1) is 6.20 Å². The lowest BCUT2D eigenvalue weighted by atomic mass is 10.1. The molecule has 1 N–H and O–H groups in total. The second kappa shape index (κ2) is 7.14. The standard InChI is InChI=1S/C18H16N4O4/c1-11-4-5-13(8-12(11)2)21-15(23)10-26-17(25)14-9-20-18-19-6-3-7-22(18)16(14)24/h3-9H,10H2,1-2H3,(H,21,23). The van der Waals surface area contributed by atoms with E-state index < -0.39 is 24.0 Å². The summed E-state index contributed by atoms with van der Waals surface area (Å²) in [5.74, 6) is -1.25. The van der Waals surface area contributed by atoms with E-state index in [-0.39, 0.29) is 11.3 Å². The monoisotopic (exact) mass is 352 g/mol. The number of hydrogen-bond donors (Lipinski definition) is 1. The molecule has 0 saturated carbocycles. The fourth-order valence-electron chi connectivity index (χ4n) is 2.29. The van der Waals surface area contributed by atoms with Gasteiger partial charge in [0.2, 0.25) is 5.78 Å². The maximum atomic E-state index is 12.3. The number of carbonyl (C=O) groups is 2. The topological polar surface area (TPSA) is 103 Å². The van der Waals surface area contributed by atoms with E-state index in [0.717, 1.165) is 21.7 Å². The van der Waals surface area contributed by atoms with Crippen molar-refractivity contribution in [3.05, 3.63) is 69.9 Å². The van der Waals surface area contributed by atoms with Gasteiger partial charge in [-0.05, 0) is 43.2 Å². The minimum absolute atomic E-state index is 0.168. The third kappa shape index (κ3) is 3.59. The zero-order valence-corrected chi connectivity index (χ0v) is 14.2. The number of anilines is 1. The molecule has 0 fully saturated rings. The number of nitrogens with zero attached hydrogens (tertiary/aromatic N) is 3. The zero-order chi connectivity index (χ0) is 18.7. The van der Waals surface area contributed by atoms with E-state index in [2.05, 4.69) is 15.3 Å². The molecule has 0 aliphatic carbocycles. The Hall–Kier alpha value is -3.55. The van der Waals surface area contributed by atoms with Crippen LogP contribution in [0.3, 0.4) is 0 Å². The molecule has 2 heterocycles. The van der Waals surface area contributed by atoms with Crippen molar-refractivity contribution in [2.24, 2.45) is 0 Å². The highest BCUT2D eigenvalue weighted by atomic mass is 16.5. The van der Waals surface area contributed by atoms with Crippen molar-refractivity contribution in [3.8, 4) is 0 Å². The van der Waals surface area contributed by atoms with Crippen molar-refractivity contribution in [2.45, 2.75) is 13.8 Å². The van der Waals surface area contributed by atoms with Gasteiger partial charge in [0, 0.05) is 18.1 Å². The molecule has 3 aromatic rings. The summed E-state index contributed by atoms with van der Waals surface area (Å²) in [6, 6.07) is 7.01. The van der Waals surface area contributed by atoms with E-state index in [4.69, 9.17) is 4.74 Å². The van der Waals surface area contributed by atoms with Crippen LogP contribution in [0.25, 0.3) is 5.78 Å². The second-order valence-corrected chi connectivity index (χ2v) is 5.69. The predicted octanol–water partition coefficient (Wildman–Crippen LogP) is 1.50. The van der Waals surface area contributed by atoms with Crippen LogP contribution >= 0.6 is 0 Å². The first kappa shape index (κ1) is 17.3. The molecule has 1 aromatic carbocycles. The van der Waals surface area contributed by atoms with Crippen LogP contribution in [0.1, 0.15) is 21.5 Å². The molecule has 1 amide bonds. The van der Waals surface area contributed by atoms with Crippen molar-refractivity contribution >= 4 is 23.3 Å².